The van der Waals surface area contributed by atoms with E-state index >= 15 is 0 Å². The van der Waals surface area contributed by atoms with Gasteiger partial charge in [0.2, 0.25) is 5.25 Å². The standard InChI is InChI=1S/C19H27F3O10S2/c1-10(16-13-7-4-8-14(13)34(28,29)32-16)31-18(24)12-6-3-2-5-11(12)17(23)30-9-15(19(20,21)22)33(25,26)27/h10-16H,2-9H2,1H3,(H,25,26,27). The Bertz CT molecular complexity index is 994. The zero-order valence-corrected chi connectivity index (χ0v) is 19.9. The molecule has 1 heterocycles. The number of halogens is 3. The van der Waals surface area contributed by atoms with E-state index in [1.54, 1.807) is 0 Å². The fourth-order valence-corrected chi connectivity index (χ4v) is 7.56. The second-order valence-corrected chi connectivity index (χ2v) is 12.4. The smallest absolute Gasteiger partial charge is 0.411 e. The molecule has 0 radical (unpaired) electrons. The lowest BCUT2D eigenvalue weighted by atomic mass is 9.79. The first-order valence-electron chi connectivity index (χ1n) is 10.9. The molecule has 7 unspecified atom stereocenters. The molecule has 15 heteroatoms. The van der Waals surface area contributed by atoms with Gasteiger partial charge in [-0.1, -0.05) is 19.3 Å². The molecule has 0 bridgehead atoms. The Balaban J connectivity index is 1.65. The second kappa shape index (κ2) is 9.90. The quantitative estimate of drug-likeness (QED) is 0.291. The van der Waals surface area contributed by atoms with Crippen LogP contribution in [0.1, 0.15) is 51.9 Å². The largest absolute Gasteiger partial charge is 0.464 e. The van der Waals surface area contributed by atoms with Crippen LogP contribution >= 0.6 is 0 Å². The Hall–Kier alpha value is -1.45. The lowest BCUT2D eigenvalue weighted by Gasteiger charge is -2.31. The summed E-state index contributed by atoms with van der Waals surface area (Å²) in [6, 6.07) is 0. The van der Waals surface area contributed by atoms with Crippen LogP contribution in [0.5, 0.6) is 0 Å². The Kier molecular flexibility index (Phi) is 7.90. The van der Waals surface area contributed by atoms with E-state index in [1.807, 2.05) is 0 Å². The van der Waals surface area contributed by atoms with Gasteiger partial charge in [-0.15, -0.1) is 0 Å². The minimum atomic E-state index is -5.58. The molecule has 3 aliphatic rings. The van der Waals surface area contributed by atoms with E-state index in [2.05, 4.69) is 4.74 Å². The minimum absolute atomic E-state index is 0.106. The molecule has 196 valence electrons. The van der Waals surface area contributed by atoms with E-state index in [0.717, 1.165) is 0 Å². The summed E-state index contributed by atoms with van der Waals surface area (Å²) in [5, 5.41) is -3.96. The minimum Gasteiger partial charge on any atom is -0.464 e. The zero-order valence-electron chi connectivity index (χ0n) is 18.3. The maximum atomic E-state index is 12.9. The van der Waals surface area contributed by atoms with Crippen molar-refractivity contribution >= 4 is 32.2 Å². The summed E-state index contributed by atoms with van der Waals surface area (Å²) in [7, 11) is -9.35. The molecular formula is C19H27F3O10S2. The molecule has 1 aliphatic heterocycles. The van der Waals surface area contributed by atoms with Crippen LogP contribution in [0, 0.1) is 17.8 Å². The van der Waals surface area contributed by atoms with Crippen molar-refractivity contribution in [3.63, 3.8) is 0 Å². The average molecular weight is 537 g/mol. The molecule has 0 aromatic rings. The number of hydrogen-bond donors (Lipinski definition) is 1. The molecular weight excluding hydrogens is 509 g/mol. The lowest BCUT2D eigenvalue weighted by Crippen LogP contribution is -2.43. The van der Waals surface area contributed by atoms with Crippen LogP contribution in [0.15, 0.2) is 0 Å². The number of hydrogen-bond acceptors (Lipinski definition) is 9. The maximum Gasteiger partial charge on any atom is 0.411 e. The molecule has 2 saturated carbocycles. The van der Waals surface area contributed by atoms with Crippen molar-refractivity contribution in [2.75, 3.05) is 6.61 Å². The number of rotatable bonds is 7. The van der Waals surface area contributed by atoms with Crippen molar-refractivity contribution < 1.29 is 57.8 Å². The monoisotopic (exact) mass is 536 g/mol. The van der Waals surface area contributed by atoms with Crippen LogP contribution in [0.25, 0.3) is 0 Å². The van der Waals surface area contributed by atoms with Gasteiger partial charge in [-0.05, 0) is 32.6 Å². The highest BCUT2D eigenvalue weighted by atomic mass is 32.2. The van der Waals surface area contributed by atoms with Crippen molar-refractivity contribution in [1.82, 2.24) is 0 Å². The fraction of sp³-hybridized carbons (Fsp3) is 0.895. The average Bonchev–Trinajstić information content (AvgIpc) is 3.29. The molecule has 3 fully saturated rings. The predicted octanol–water partition coefficient (Wildman–Crippen LogP) is 1.98. The molecule has 0 aromatic carbocycles. The van der Waals surface area contributed by atoms with Crippen LogP contribution in [-0.4, -0.2) is 68.8 Å². The Morgan fingerprint density at radius 2 is 1.65 bits per heavy atom. The van der Waals surface area contributed by atoms with Crippen molar-refractivity contribution in [1.29, 1.82) is 0 Å². The first kappa shape index (κ1) is 27.1. The second-order valence-electron chi connectivity index (χ2n) is 9.00. The summed E-state index contributed by atoms with van der Waals surface area (Å²) in [4.78, 5) is 25.3. The SMILES string of the molecule is CC(OC(=O)C1CCCCC1C(=O)OCC(C(F)(F)F)S(=O)(=O)O)C1OS(=O)(=O)C2CCCC12. The van der Waals surface area contributed by atoms with Crippen molar-refractivity contribution in [3.8, 4) is 0 Å². The van der Waals surface area contributed by atoms with Crippen molar-refractivity contribution in [2.24, 2.45) is 17.8 Å². The summed E-state index contributed by atoms with van der Waals surface area (Å²) in [6.07, 6.45) is -4.10. The first-order chi connectivity index (χ1) is 15.6. The molecule has 0 aromatic heterocycles. The van der Waals surface area contributed by atoms with Gasteiger partial charge in [-0.3, -0.25) is 18.3 Å². The Labute approximate surface area is 195 Å². The summed E-state index contributed by atoms with van der Waals surface area (Å²) >= 11 is 0. The predicted molar refractivity (Wildman–Crippen MR) is 108 cm³/mol. The molecule has 34 heavy (non-hydrogen) atoms. The highest BCUT2D eigenvalue weighted by Gasteiger charge is 2.54. The van der Waals surface area contributed by atoms with Gasteiger partial charge in [0.25, 0.3) is 20.2 Å². The summed E-state index contributed by atoms with van der Waals surface area (Å²) in [5.74, 6) is -4.59. The molecule has 2 aliphatic carbocycles. The van der Waals surface area contributed by atoms with Gasteiger partial charge in [-0.2, -0.15) is 30.0 Å². The summed E-state index contributed by atoms with van der Waals surface area (Å²) in [6.45, 7) is -0.165. The molecule has 0 amide bonds. The van der Waals surface area contributed by atoms with Gasteiger partial charge in [-0.25, -0.2) is 0 Å². The van der Waals surface area contributed by atoms with E-state index in [9.17, 15) is 39.6 Å². The van der Waals surface area contributed by atoms with Crippen molar-refractivity contribution in [2.45, 2.75) is 80.8 Å². The van der Waals surface area contributed by atoms with Gasteiger partial charge >= 0.3 is 18.1 Å². The van der Waals surface area contributed by atoms with E-state index in [1.165, 1.54) is 6.92 Å². The number of ether oxygens (including phenoxy) is 2. The van der Waals surface area contributed by atoms with E-state index in [-0.39, 0.29) is 18.8 Å². The first-order valence-corrected chi connectivity index (χ1v) is 13.9. The number of carbonyl (C=O) groups excluding carboxylic acids is 2. The van der Waals surface area contributed by atoms with Gasteiger partial charge in [0, 0.05) is 5.92 Å². The third-order valence-corrected chi connectivity index (χ3v) is 9.72. The Morgan fingerprint density at radius 1 is 1.06 bits per heavy atom. The van der Waals surface area contributed by atoms with Gasteiger partial charge < -0.3 is 9.47 Å². The molecule has 1 N–H and O–H groups in total. The molecule has 7 atom stereocenters. The number of fused-ring (bicyclic) bond motifs is 1. The maximum absolute atomic E-state index is 12.9. The van der Waals surface area contributed by atoms with E-state index < -0.39 is 79.5 Å². The van der Waals surface area contributed by atoms with Gasteiger partial charge in [0.1, 0.15) is 18.8 Å². The summed E-state index contributed by atoms with van der Waals surface area (Å²) in [5.41, 5.74) is 0. The van der Waals surface area contributed by atoms with Crippen LogP contribution in [0.3, 0.4) is 0 Å². The highest BCUT2D eigenvalue weighted by molar-refractivity contribution is 7.87. The van der Waals surface area contributed by atoms with Gasteiger partial charge in [0.05, 0.1) is 17.1 Å². The number of carbonyl (C=O) groups is 2. The normalized spacial score (nSPS) is 33.0. The third-order valence-electron chi connectivity index (χ3n) is 6.78. The van der Waals surface area contributed by atoms with Crippen LogP contribution in [-0.2, 0) is 43.5 Å². The molecule has 3 rings (SSSR count). The number of esters is 2. The van der Waals surface area contributed by atoms with E-state index in [0.29, 0.717) is 32.1 Å². The van der Waals surface area contributed by atoms with E-state index in [4.69, 9.17) is 13.5 Å². The number of alkyl halides is 3. The van der Waals surface area contributed by atoms with Gasteiger partial charge in [0.15, 0.2) is 0 Å². The topological polar surface area (TPSA) is 150 Å². The highest BCUT2D eigenvalue weighted by Crippen LogP contribution is 2.44. The fourth-order valence-electron chi connectivity index (χ4n) is 5.06. The molecule has 10 nitrogen and oxygen atoms in total. The van der Waals surface area contributed by atoms with Crippen LogP contribution < -0.4 is 0 Å². The van der Waals surface area contributed by atoms with Crippen molar-refractivity contribution in [3.05, 3.63) is 0 Å². The lowest BCUT2D eigenvalue weighted by molar-refractivity contribution is -0.172. The van der Waals surface area contributed by atoms with Crippen LogP contribution in [0.4, 0.5) is 13.2 Å². The zero-order chi connectivity index (χ0) is 25.5. The Morgan fingerprint density at radius 3 is 2.21 bits per heavy atom. The molecule has 1 saturated heterocycles. The third kappa shape index (κ3) is 5.85. The molecule has 0 spiro atoms. The van der Waals surface area contributed by atoms with Crippen LogP contribution in [0.2, 0.25) is 0 Å². The summed E-state index contributed by atoms with van der Waals surface area (Å²) < 4.78 is 109.